The minimum atomic E-state index is -0.196. The quantitative estimate of drug-likeness (QED) is 0.586. The van der Waals surface area contributed by atoms with Crippen molar-refractivity contribution >= 4 is 23.6 Å². The number of phenolic OH excluding ortho intramolecular Hbond substituents is 2. The van der Waals surface area contributed by atoms with Gasteiger partial charge >= 0.3 is 0 Å². The summed E-state index contributed by atoms with van der Waals surface area (Å²) in [6.07, 6.45) is 3.73. The van der Waals surface area contributed by atoms with Crippen LogP contribution in [0.25, 0.3) is 6.08 Å². The van der Waals surface area contributed by atoms with Crippen LogP contribution in [0.5, 0.6) is 11.5 Å². The number of amides is 1. The van der Waals surface area contributed by atoms with Gasteiger partial charge in [-0.15, -0.1) is 0 Å². The van der Waals surface area contributed by atoms with E-state index in [2.05, 4.69) is 5.32 Å². The smallest absolute Gasteiger partial charge is 0.244 e. The second-order valence-corrected chi connectivity index (χ2v) is 5.19. The molecule has 0 aliphatic rings. The van der Waals surface area contributed by atoms with E-state index in [0.29, 0.717) is 18.0 Å². The average molecular weight is 318 g/mol. The summed E-state index contributed by atoms with van der Waals surface area (Å²) in [5.74, 6) is -0.511. The second-order valence-electron chi connectivity index (χ2n) is 4.75. The number of carbonyl (C=O) groups excluding carboxylic acids is 1. The van der Waals surface area contributed by atoms with E-state index in [1.165, 1.54) is 18.2 Å². The summed E-state index contributed by atoms with van der Waals surface area (Å²) in [6, 6.07) is 11.8. The van der Waals surface area contributed by atoms with Gasteiger partial charge in [-0.3, -0.25) is 4.79 Å². The number of carbonyl (C=O) groups is 1. The van der Waals surface area contributed by atoms with Crippen molar-refractivity contribution in [3.05, 3.63) is 64.7 Å². The monoisotopic (exact) mass is 317 g/mol. The van der Waals surface area contributed by atoms with Crippen molar-refractivity contribution in [1.82, 2.24) is 5.32 Å². The van der Waals surface area contributed by atoms with Gasteiger partial charge in [-0.05, 0) is 47.9 Å². The standard InChI is InChI=1S/C17H16ClNO3/c18-14-5-1-12(2-6-14)4-8-17(22)19-10-9-13-3-7-15(20)16(21)11-13/h1-8,11,20-21H,9-10H2,(H,19,22)/b8-4+. The van der Waals surface area contributed by atoms with Crippen molar-refractivity contribution < 1.29 is 15.0 Å². The predicted molar refractivity (Wildman–Crippen MR) is 87.0 cm³/mol. The number of hydrogen-bond donors (Lipinski definition) is 3. The molecule has 0 aromatic heterocycles. The van der Waals surface area contributed by atoms with Crippen LogP contribution in [-0.4, -0.2) is 22.7 Å². The first-order valence-corrected chi connectivity index (χ1v) is 7.15. The third kappa shape index (κ3) is 4.82. The molecule has 22 heavy (non-hydrogen) atoms. The normalized spacial score (nSPS) is 10.8. The number of phenols is 2. The summed E-state index contributed by atoms with van der Waals surface area (Å²) in [5.41, 5.74) is 1.72. The van der Waals surface area contributed by atoms with Gasteiger partial charge in [0.25, 0.3) is 0 Å². The van der Waals surface area contributed by atoms with Crippen molar-refractivity contribution in [2.75, 3.05) is 6.54 Å². The van der Waals surface area contributed by atoms with E-state index in [4.69, 9.17) is 11.6 Å². The van der Waals surface area contributed by atoms with Crippen molar-refractivity contribution in [1.29, 1.82) is 0 Å². The fraction of sp³-hybridized carbons (Fsp3) is 0.118. The number of benzene rings is 2. The van der Waals surface area contributed by atoms with E-state index < -0.39 is 0 Å². The molecular weight excluding hydrogens is 302 g/mol. The van der Waals surface area contributed by atoms with Gasteiger partial charge in [0.2, 0.25) is 5.91 Å². The summed E-state index contributed by atoms with van der Waals surface area (Å²) >= 11 is 5.79. The van der Waals surface area contributed by atoms with Crippen LogP contribution in [0.2, 0.25) is 5.02 Å². The fourth-order valence-electron chi connectivity index (χ4n) is 1.86. The Morgan fingerprint density at radius 1 is 1.09 bits per heavy atom. The van der Waals surface area contributed by atoms with Crippen LogP contribution in [0.1, 0.15) is 11.1 Å². The van der Waals surface area contributed by atoms with Crippen molar-refractivity contribution in [3.8, 4) is 11.5 Å². The molecular formula is C17H16ClNO3. The molecule has 5 heteroatoms. The maximum absolute atomic E-state index is 11.7. The van der Waals surface area contributed by atoms with Gasteiger partial charge in [0.05, 0.1) is 0 Å². The number of aromatic hydroxyl groups is 2. The van der Waals surface area contributed by atoms with E-state index in [1.54, 1.807) is 24.3 Å². The zero-order chi connectivity index (χ0) is 15.9. The topological polar surface area (TPSA) is 69.6 Å². The number of rotatable bonds is 5. The van der Waals surface area contributed by atoms with Crippen LogP contribution >= 0.6 is 11.6 Å². The van der Waals surface area contributed by atoms with Crippen molar-refractivity contribution in [3.63, 3.8) is 0 Å². The number of hydrogen-bond acceptors (Lipinski definition) is 3. The van der Waals surface area contributed by atoms with Gasteiger partial charge in [-0.1, -0.05) is 29.8 Å². The second kappa shape index (κ2) is 7.52. The summed E-state index contributed by atoms with van der Waals surface area (Å²) in [7, 11) is 0. The van der Waals surface area contributed by atoms with Crippen LogP contribution in [-0.2, 0) is 11.2 Å². The lowest BCUT2D eigenvalue weighted by Gasteiger charge is -2.04. The summed E-state index contributed by atoms with van der Waals surface area (Å²) in [4.78, 5) is 11.7. The highest BCUT2D eigenvalue weighted by atomic mass is 35.5. The SMILES string of the molecule is O=C(/C=C/c1ccc(Cl)cc1)NCCc1ccc(O)c(O)c1. The van der Waals surface area contributed by atoms with Crippen LogP contribution in [0, 0.1) is 0 Å². The predicted octanol–water partition coefficient (Wildman–Crippen LogP) is 3.12. The third-order valence-corrected chi connectivity index (χ3v) is 3.30. The minimum Gasteiger partial charge on any atom is -0.504 e. The molecule has 1 amide bonds. The first-order valence-electron chi connectivity index (χ1n) is 6.77. The Hall–Kier alpha value is -2.46. The maximum Gasteiger partial charge on any atom is 0.244 e. The lowest BCUT2D eigenvalue weighted by Crippen LogP contribution is -2.23. The molecule has 2 rings (SSSR count). The molecule has 0 fully saturated rings. The zero-order valence-corrected chi connectivity index (χ0v) is 12.5. The van der Waals surface area contributed by atoms with E-state index in [-0.39, 0.29) is 17.4 Å². The largest absolute Gasteiger partial charge is 0.504 e. The van der Waals surface area contributed by atoms with Crippen LogP contribution in [0.3, 0.4) is 0 Å². The number of nitrogens with one attached hydrogen (secondary N) is 1. The molecule has 0 radical (unpaired) electrons. The molecule has 0 saturated heterocycles. The Labute approximate surface area is 133 Å². The first-order chi connectivity index (χ1) is 10.5. The Balaban J connectivity index is 1.80. The molecule has 0 heterocycles. The van der Waals surface area contributed by atoms with Gasteiger partial charge in [-0.2, -0.15) is 0 Å². The molecule has 3 N–H and O–H groups in total. The highest BCUT2D eigenvalue weighted by molar-refractivity contribution is 6.30. The Bertz CT molecular complexity index is 681. The van der Waals surface area contributed by atoms with Gasteiger partial charge in [0.15, 0.2) is 11.5 Å². The van der Waals surface area contributed by atoms with E-state index >= 15 is 0 Å². The van der Waals surface area contributed by atoms with Crippen LogP contribution < -0.4 is 5.32 Å². The molecule has 4 nitrogen and oxygen atoms in total. The molecule has 0 bridgehead atoms. The lowest BCUT2D eigenvalue weighted by molar-refractivity contribution is -0.116. The minimum absolute atomic E-state index is 0.154. The molecule has 114 valence electrons. The Kier molecular flexibility index (Phi) is 5.44. The average Bonchev–Trinajstić information content (AvgIpc) is 2.50. The van der Waals surface area contributed by atoms with Crippen molar-refractivity contribution in [2.24, 2.45) is 0 Å². The van der Waals surface area contributed by atoms with E-state index in [0.717, 1.165) is 11.1 Å². The maximum atomic E-state index is 11.7. The van der Waals surface area contributed by atoms with Gasteiger partial charge in [-0.25, -0.2) is 0 Å². The summed E-state index contributed by atoms with van der Waals surface area (Å²) < 4.78 is 0. The molecule has 0 aliphatic heterocycles. The Morgan fingerprint density at radius 2 is 1.82 bits per heavy atom. The first kappa shape index (κ1) is 15.9. The molecule has 0 unspecified atom stereocenters. The lowest BCUT2D eigenvalue weighted by atomic mass is 10.1. The molecule has 2 aromatic rings. The van der Waals surface area contributed by atoms with E-state index in [9.17, 15) is 15.0 Å². The van der Waals surface area contributed by atoms with Gasteiger partial charge in [0, 0.05) is 17.6 Å². The number of halogens is 1. The van der Waals surface area contributed by atoms with E-state index in [1.807, 2.05) is 12.1 Å². The van der Waals surface area contributed by atoms with Gasteiger partial charge < -0.3 is 15.5 Å². The Morgan fingerprint density at radius 3 is 2.50 bits per heavy atom. The highest BCUT2D eigenvalue weighted by Crippen LogP contribution is 2.24. The summed E-state index contributed by atoms with van der Waals surface area (Å²) in [5, 5.41) is 22.0. The molecule has 2 aromatic carbocycles. The van der Waals surface area contributed by atoms with Crippen LogP contribution in [0.15, 0.2) is 48.5 Å². The molecule has 0 atom stereocenters. The van der Waals surface area contributed by atoms with Gasteiger partial charge in [0.1, 0.15) is 0 Å². The fourth-order valence-corrected chi connectivity index (χ4v) is 1.99. The third-order valence-electron chi connectivity index (χ3n) is 3.05. The highest BCUT2D eigenvalue weighted by Gasteiger charge is 2.01. The molecule has 0 aliphatic carbocycles. The van der Waals surface area contributed by atoms with Crippen LogP contribution in [0.4, 0.5) is 0 Å². The van der Waals surface area contributed by atoms with Crippen molar-refractivity contribution in [2.45, 2.75) is 6.42 Å². The summed E-state index contributed by atoms with van der Waals surface area (Å²) in [6.45, 7) is 0.438. The molecule has 0 spiro atoms. The zero-order valence-electron chi connectivity index (χ0n) is 11.8. The molecule has 0 saturated carbocycles.